The molecule has 0 saturated carbocycles. The van der Waals surface area contributed by atoms with E-state index in [2.05, 4.69) is 42.0 Å². The number of nitrogens with zero attached hydrogens (tertiary/aromatic N) is 2. The van der Waals surface area contributed by atoms with Crippen LogP contribution in [0.1, 0.15) is 109 Å². The van der Waals surface area contributed by atoms with Crippen molar-refractivity contribution in [2.24, 2.45) is 0 Å². The van der Waals surface area contributed by atoms with Crippen LogP contribution in [-0.2, 0) is 6.42 Å². The molecule has 3 nitrogen and oxygen atoms in total. The number of unbranched alkanes of at least 4 members (excludes halogenated alkanes) is 11. The van der Waals surface area contributed by atoms with E-state index in [4.69, 9.17) is 4.74 Å². The van der Waals surface area contributed by atoms with Crippen molar-refractivity contribution in [3.8, 4) is 17.1 Å². The van der Waals surface area contributed by atoms with E-state index in [0.717, 1.165) is 36.4 Å². The van der Waals surface area contributed by atoms with Crippen LogP contribution in [0.15, 0.2) is 48.8 Å². The smallest absolute Gasteiger partial charge is 0.162 e. The van der Waals surface area contributed by atoms with Gasteiger partial charge >= 0.3 is 0 Å². The van der Waals surface area contributed by atoms with Crippen molar-refractivity contribution >= 4 is 0 Å². The Bertz CT molecular complexity index is 754. The highest BCUT2D eigenvalue weighted by atomic mass is 16.5. The maximum absolute atomic E-state index is 6.09. The molecule has 0 bridgehead atoms. The molecule has 0 radical (unpaired) electrons. The minimum absolute atomic E-state index is 0.716. The van der Waals surface area contributed by atoms with Gasteiger partial charge in [-0.15, -0.1) is 0 Å². The van der Waals surface area contributed by atoms with Crippen molar-refractivity contribution in [2.75, 3.05) is 6.61 Å². The van der Waals surface area contributed by atoms with Gasteiger partial charge in [0, 0.05) is 12.4 Å². The first-order chi connectivity index (χ1) is 16.3. The fourth-order valence-electron chi connectivity index (χ4n) is 3.99. The zero-order valence-electron chi connectivity index (χ0n) is 21.2. The van der Waals surface area contributed by atoms with Crippen molar-refractivity contribution in [1.82, 2.24) is 9.97 Å². The predicted octanol–water partition coefficient (Wildman–Crippen LogP) is 9.12. The summed E-state index contributed by atoms with van der Waals surface area (Å²) in [5.41, 5.74) is 2.21. The molecule has 1 heterocycles. The van der Waals surface area contributed by atoms with Gasteiger partial charge < -0.3 is 4.74 Å². The van der Waals surface area contributed by atoms with Crippen LogP contribution in [-0.4, -0.2) is 16.6 Å². The Morgan fingerprint density at radius 3 is 2.03 bits per heavy atom. The van der Waals surface area contributed by atoms with Crippen molar-refractivity contribution in [2.45, 2.75) is 110 Å². The third-order valence-electron chi connectivity index (χ3n) is 6.07. The van der Waals surface area contributed by atoms with E-state index in [9.17, 15) is 0 Å². The second-order valence-corrected chi connectivity index (χ2v) is 9.09. The second kappa shape index (κ2) is 18.3. The maximum Gasteiger partial charge on any atom is 0.162 e. The summed E-state index contributed by atoms with van der Waals surface area (Å²) in [7, 11) is 0. The van der Waals surface area contributed by atoms with Gasteiger partial charge in [0.1, 0.15) is 5.75 Å². The Kier molecular flexibility index (Phi) is 15.0. The van der Waals surface area contributed by atoms with Crippen LogP contribution >= 0.6 is 0 Å². The third-order valence-corrected chi connectivity index (χ3v) is 6.07. The number of allylic oxidation sites excluding steroid dienone is 2. The number of rotatable bonds is 19. The number of para-hydroxylation sites is 1. The van der Waals surface area contributed by atoms with Crippen LogP contribution in [0.4, 0.5) is 0 Å². The first kappa shape index (κ1) is 27.1. The fraction of sp³-hybridized carbons (Fsp3) is 0.600. The Hall–Kier alpha value is -2.16. The monoisotopic (exact) mass is 450 g/mol. The summed E-state index contributed by atoms with van der Waals surface area (Å²) < 4.78 is 6.09. The van der Waals surface area contributed by atoms with Crippen molar-refractivity contribution < 1.29 is 4.74 Å². The Morgan fingerprint density at radius 2 is 1.30 bits per heavy atom. The number of hydrogen-bond donors (Lipinski definition) is 0. The normalized spacial score (nSPS) is 11.3. The van der Waals surface area contributed by atoms with Gasteiger partial charge in [0.15, 0.2) is 5.82 Å². The van der Waals surface area contributed by atoms with E-state index in [1.165, 1.54) is 82.6 Å². The first-order valence-corrected chi connectivity index (χ1v) is 13.5. The summed E-state index contributed by atoms with van der Waals surface area (Å²) >= 11 is 0. The quantitative estimate of drug-likeness (QED) is 0.158. The lowest BCUT2D eigenvalue weighted by atomic mass is 10.1. The van der Waals surface area contributed by atoms with Crippen molar-refractivity contribution in [3.63, 3.8) is 0 Å². The van der Waals surface area contributed by atoms with E-state index < -0.39 is 0 Å². The molecule has 1 aromatic heterocycles. The van der Waals surface area contributed by atoms with E-state index in [0.29, 0.717) is 6.61 Å². The molecule has 182 valence electrons. The van der Waals surface area contributed by atoms with E-state index >= 15 is 0 Å². The van der Waals surface area contributed by atoms with Gasteiger partial charge in [-0.05, 0) is 56.2 Å². The molecule has 0 N–H and O–H groups in total. The summed E-state index contributed by atoms with van der Waals surface area (Å²) in [5, 5.41) is 0. The molecular formula is C30H46N2O. The molecule has 0 amide bonds. The lowest BCUT2D eigenvalue weighted by Crippen LogP contribution is -2.00. The summed E-state index contributed by atoms with van der Waals surface area (Å²) in [5.74, 6) is 1.63. The van der Waals surface area contributed by atoms with E-state index in [1.54, 1.807) is 0 Å². The van der Waals surface area contributed by atoms with Crippen LogP contribution in [0, 0.1) is 0 Å². The van der Waals surface area contributed by atoms with Gasteiger partial charge in [0.05, 0.1) is 12.2 Å². The number of aryl methyl sites for hydroxylation is 1. The molecule has 0 fully saturated rings. The third kappa shape index (κ3) is 12.0. The molecule has 0 saturated heterocycles. The Morgan fingerprint density at radius 1 is 0.697 bits per heavy atom. The summed E-state index contributed by atoms with van der Waals surface area (Å²) in [6.45, 7) is 5.24. The molecule has 0 aliphatic heterocycles. The van der Waals surface area contributed by atoms with Crippen LogP contribution in [0.3, 0.4) is 0 Å². The number of ether oxygens (including phenoxy) is 1. The van der Waals surface area contributed by atoms with Gasteiger partial charge in [0.25, 0.3) is 0 Å². The summed E-state index contributed by atoms with van der Waals surface area (Å²) in [4.78, 5) is 9.29. The van der Waals surface area contributed by atoms with Crippen LogP contribution in [0.5, 0.6) is 5.75 Å². The van der Waals surface area contributed by atoms with E-state index in [-0.39, 0.29) is 0 Å². The minimum atomic E-state index is 0.716. The SMILES string of the molecule is CCCCCCC=CCCCOc1ccccc1-c1ncc(CCCCCCCCC)cn1. The van der Waals surface area contributed by atoms with Gasteiger partial charge in [-0.2, -0.15) is 0 Å². The lowest BCUT2D eigenvalue weighted by Gasteiger charge is -2.10. The standard InChI is InChI=1S/C30H46N2O/c1-3-5-7-9-11-12-14-16-20-24-33-29-23-19-18-22-28(29)30-31-25-27(26-32-30)21-17-15-13-10-8-6-4-2/h12,14,18-19,22-23,25-26H,3-11,13,15-17,20-21,24H2,1-2H3. The summed E-state index contributed by atoms with van der Waals surface area (Å²) in [6.07, 6.45) is 27.6. The molecule has 0 unspecified atom stereocenters. The number of hydrogen-bond acceptors (Lipinski definition) is 3. The largest absolute Gasteiger partial charge is 0.493 e. The van der Waals surface area contributed by atoms with Gasteiger partial charge in [-0.1, -0.05) is 95.9 Å². The van der Waals surface area contributed by atoms with Crippen molar-refractivity contribution in [1.29, 1.82) is 0 Å². The van der Waals surface area contributed by atoms with Gasteiger partial charge in [-0.3, -0.25) is 0 Å². The molecule has 33 heavy (non-hydrogen) atoms. The second-order valence-electron chi connectivity index (χ2n) is 9.09. The molecule has 1 aromatic carbocycles. The lowest BCUT2D eigenvalue weighted by molar-refractivity contribution is 0.313. The Labute approximate surface area is 203 Å². The van der Waals surface area contributed by atoms with E-state index in [1.807, 2.05) is 30.6 Å². The highest BCUT2D eigenvalue weighted by Gasteiger charge is 2.08. The fourth-order valence-corrected chi connectivity index (χ4v) is 3.99. The zero-order valence-corrected chi connectivity index (χ0v) is 21.2. The molecular weight excluding hydrogens is 404 g/mol. The maximum atomic E-state index is 6.09. The van der Waals surface area contributed by atoms with Gasteiger partial charge in [0.2, 0.25) is 0 Å². The van der Waals surface area contributed by atoms with Crippen LogP contribution in [0.25, 0.3) is 11.4 Å². The topological polar surface area (TPSA) is 35.0 Å². The highest BCUT2D eigenvalue weighted by molar-refractivity contribution is 5.63. The average molecular weight is 451 g/mol. The van der Waals surface area contributed by atoms with Gasteiger partial charge in [-0.25, -0.2) is 9.97 Å². The molecule has 0 aliphatic rings. The zero-order chi connectivity index (χ0) is 23.4. The Balaban J connectivity index is 1.71. The molecule has 3 heteroatoms. The van der Waals surface area contributed by atoms with Crippen LogP contribution in [0.2, 0.25) is 0 Å². The minimum Gasteiger partial charge on any atom is -0.493 e. The first-order valence-electron chi connectivity index (χ1n) is 13.5. The molecule has 2 rings (SSSR count). The molecule has 0 aliphatic carbocycles. The molecule has 0 spiro atoms. The number of aromatic nitrogens is 2. The predicted molar refractivity (Wildman–Crippen MR) is 142 cm³/mol. The molecule has 0 atom stereocenters. The van der Waals surface area contributed by atoms with Crippen molar-refractivity contribution in [3.05, 3.63) is 54.4 Å². The summed E-state index contributed by atoms with van der Waals surface area (Å²) in [6, 6.07) is 8.12. The van der Waals surface area contributed by atoms with Crippen LogP contribution < -0.4 is 4.74 Å². The molecule has 2 aromatic rings. The number of benzene rings is 1. The average Bonchev–Trinajstić information content (AvgIpc) is 2.85. The highest BCUT2D eigenvalue weighted by Crippen LogP contribution is 2.27.